The van der Waals surface area contributed by atoms with E-state index in [9.17, 15) is 4.79 Å². The SMILES string of the molecule is O=C=C([Si])[Si]. The van der Waals surface area contributed by atoms with Crippen molar-refractivity contribution in [1.82, 2.24) is 0 Å². The van der Waals surface area contributed by atoms with Crippen molar-refractivity contribution in [3.05, 3.63) is 4.82 Å². The summed E-state index contributed by atoms with van der Waals surface area (Å²) in [5.41, 5.74) is 0. The summed E-state index contributed by atoms with van der Waals surface area (Å²) in [6.45, 7) is 0. The van der Waals surface area contributed by atoms with Gasteiger partial charge in [-0.05, 0) is 4.82 Å². The molecule has 0 aromatic rings. The zero-order valence-corrected chi connectivity index (χ0v) is 4.41. The maximum absolute atomic E-state index is 9.25. The van der Waals surface area contributed by atoms with Gasteiger partial charge in [-0.25, -0.2) is 4.79 Å². The van der Waals surface area contributed by atoms with Crippen LogP contribution in [0.5, 0.6) is 0 Å². The van der Waals surface area contributed by atoms with E-state index in [1.165, 1.54) is 5.94 Å². The van der Waals surface area contributed by atoms with Gasteiger partial charge in [0.25, 0.3) is 0 Å². The van der Waals surface area contributed by atoms with Gasteiger partial charge < -0.3 is 0 Å². The molecule has 0 aliphatic carbocycles. The first-order chi connectivity index (χ1) is 2.27. The van der Waals surface area contributed by atoms with Gasteiger partial charge in [0.05, 0.1) is 20.5 Å². The Morgan fingerprint density at radius 3 is 1.80 bits per heavy atom. The molecule has 0 amide bonds. The van der Waals surface area contributed by atoms with E-state index in [2.05, 4.69) is 20.5 Å². The molecule has 5 heavy (non-hydrogen) atoms. The summed E-state index contributed by atoms with van der Waals surface area (Å²) in [6.07, 6.45) is 0. The highest BCUT2D eigenvalue weighted by atomic mass is 28.2. The van der Waals surface area contributed by atoms with Gasteiger partial charge in [-0.1, -0.05) is 0 Å². The molecule has 6 radical (unpaired) electrons. The van der Waals surface area contributed by atoms with E-state index >= 15 is 0 Å². The average molecular weight is 96.2 g/mol. The van der Waals surface area contributed by atoms with Crippen molar-refractivity contribution in [3.8, 4) is 0 Å². The molecule has 0 aliphatic heterocycles. The highest BCUT2D eigenvalue weighted by Crippen LogP contribution is 1.53. The largest absolute Gasteiger partial charge is 0.234 e. The lowest BCUT2D eigenvalue weighted by molar-refractivity contribution is 0.569. The summed E-state index contributed by atoms with van der Waals surface area (Å²) in [5, 5.41) is 0. The Morgan fingerprint density at radius 2 is 1.80 bits per heavy atom. The second-order valence-corrected chi connectivity index (χ2v) is 1.98. The zero-order chi connectivity index (χ0) is 4.28. The quantitative estimate of drug-likeness (QED) is 0.279. The molecule has 0 spiro atoms. The van der Waals surface area contributed by atoms with Crippen molar-refractivity contribution in [2.24, 2.45) is 0 Å². The second kappa shape index (κ2) is 2.14. The molecule has 0 rings (SSSR count). The van der Waals surface area contributed by atoms with Crippen LogP contribution < -0.4 is 0 Å². The first kappa shape index (κ1) is 4.88. The molecule has 0 saturated carbocycles. The van der Waals surface area contributed by atoms with Gasteiger partial charge in [-0.3, -0.25) is 0 Å². The standard InChI is InChI=1S/C2OSi2/c3-1-2(4)5. The van der Waals surface area contributed by atoms with E-state index < -0.39 is 0 Å². The summed E-state index contributed by atoms with van der Waals surface area (Å²) in [7, 11) is 5.65. The topological polar surface area (TPSA) is 17.1 Å². The minimum atomic E-state index is 0.310. The van der Waals surface area contributed by atoms with Crippen LogP contribution in [-0.4, -0.2) is 26.4 Å². The van der Waals surface area contributed by atoms with Crippen molar-refractivity contribution in [3.63, 3.8) is 0 Å². The summed E-state index contributed by atoms with van der Waals surface area (Å²) in [4.78, 5) is 9.56. The maximum atomic E-state index is 9.25. The maximum Gasteiger partial charge on any atom is 0.113 e. The highest BCUT2D eigenvalue weighted by molar-refractivity contribution is 6.51. The molecule has 0 fully saturated rings. The predicted octanol–water partition coefficient (Wildman–Crippen LogP) is -1.00. The molecule has 0 saturated heterocycles. The van der Waals surface area contributed by atoms with Crippen molar-refractivity contribution in [2.45, 2.75) is 0 Å². The average Bonchev–Trinajstić information content (AvgIpc) is 1.38. The smallest absolute Gasteiger partial charge is 0.113 e. The van der Waals surface area contributed by atoms with Gasteiger partial charge in [0.1, 0.15) is 5.94 Å². The molecular formula is C2OSi2. The molecule has 0 N–H and O–H groups in total. The van der Waals surface area contributed by atoms with Crippen molar-refractivity contribution in [1.29, 1.82) is 0 Å². The fourth-order valence-corrected chi connectivity index (χ4v) is 0. The van der Waals surface area contributed by atoms with E-state index in [0.717, 1.165) is 0 Å². The molecule has 0 unspecified atom stereocenters. The molecule has 0 aliphatic rings. The molecule has 3 heteroatoms. The lowest BCUT2D eigenvalue weighted by Crippen LogP contribution is -1.74. The highest BCUT2D eigenvalue weighted by Gasteiger charge is 1.65. The normalized spacial score (nSPS) is 6.00. The molecular weight excluding hydrogens is 96.2 g/mol. The summed E-state index contributed by atoms with van der Waals surface area (Å²) >= 11 is 0. The van der Waals surface area contributed by atoms with Crippen LogP contribution >= 0.6 is 0 Å². The van der Waals surface area contributed by atoms with Gasteiger partial charge in [0.2, 0.25) is 0 Å². The molecule has 0 atom stereocenters. The number of rotatable bonds is 0. The fourth-order valence-electron chi connectivity index (χ4n) is 0. The molecule has 0 aromatic heterocycles. The van der Waals surface area contributed by atoms with Gasteiger partial charge in [-0.15, -0.1) is 0 Å². The van der Waals surface area contributed by atoms with Crippen LogP contribution in [0.4, 0.5) is 0 Å². The molecule has 0 heterocycles. The van der Waals surface area contributed by atoms with Crippen LogP contribution in [0.25, 0.3) is 0 Å². The Bertz CT molecular complexity index is 67.7. The van der Waals surface area contributed by atoms with Crippen LogP contribution in [0.2, 0.25) is 0 Å². The number of hydrogen-bond donors (Lipinski definition) is 0. The Hall–Kier alpha value is -0.116. The van der Waals surface area contributed by atoms with Crippen molar-refractivity contribution in [2.75, 3.05) is 0 Å². The van der Waals surface area contributed by atoms with E-state index in [1.807, 2.05) is 0 Å². The third-order valence-corrected chi connectivity index (χ3v) is 0.306. The molecule has 0 aromatic carbocycles. The lowest BCUT2D eigenvalue weighted by atomic mass is 11.2. The minimum Gasteiger partial charge on any atom is -0.234 e. The van der Waals surface area contributed by atoms with Gasteiger partial charge >= 0.3 is 0 Å². The number of hydrogen-bond acceptors (Lipinski definition) is 1. The van der Waals surface area contributed by atoms with E-state index in [-0.39, 0.29) is 0 Å². The predicted molar refractivity (Wildman–Crippen MR) is 20.7 cm³/mol. The van der Waals surface area contributed by atoms with Crippen molar-refractivity contribution < 1.29 is 4.79 Å². The lowest BCUT2D eigenvalue weighted by Gasteiger charge is -1.60. The van der Waals surface area contributed by atoms with Crippen molar-refractivity contribution >= 4 is 26.4 Å². The third-order valence-electron chi connectivity index (χ3n) is 0.102. The van der Waals surface area contributed by atoms with E-state index in [0.29, 0.717) is 4.82 Å². The Labute approximate surface area is 36.9 Å². The molecule has 1 nitrogen and oxygen atoms in total. The van der Waals surface area contributed by atoms with Crippen LogP contribution in [0, 0.1) is 0 Å². The number of carbonyl (C=O) groups excluding carboxylic acids is 1. The fraction of sp³-hybridized carbons (Fsp3) is 0. The van der Waals surface area contributed by atoms with Crippen LogP contribution in [0.3, 0.4) is 0 Å². The summed E-state index contributed by atoms with van der Waals surface area (Å²) < 4.78 is 0. The first-order valence-electron chi connectivity index (χ1n) is 0.954. The van der Waals surface area contributed by atoms with E-state index in [4.69, 9.17) is 0 Å². The van der Waals surface area contributed by atoms with E-state index in [1.54, 1.807) is 0 Å². The zero-order valence-electron chi connectivity index (χ0n) is 2.41. The first-order valence-corrected chi connectivity index (χ1v) is 1.95. The minimum absolute atomic E-state index is 0.310. The molecule has 22 valence electrons. The Balaban J connectivity index is 3.60. The van der Waals surface area contributed by atoms with Gasteiger partial charge in [0.15, 0.2) is 0 Å². The summed E-state index contributed by atoms with van der Waals surface area (Å²) in [6, 6.07) is 0. The second-order valence-electron chi connectivity index (χ2n) is 0.477. The third kappa shape index (κ3) is 3.88. The summed E-state index contributed by atoms with van der Waals surface area (Å²) in [5.74, 6) is 1.52. The monoisotopic (exact) mass is 95.9 g/mol. The van der Waals surface area contributed by atoms with Gasteiger partial charge in [0, 0.05) is 0 Å². The Morgan fingerprint density at radius 1 is 1.60 bits per heavy atom. The Kier molecular flexibility index (Phi) is 2.09. The van der Waals surface area contributed by atoms with Gasteiger partial charge in [-0.2, -0.15) is 0 Å². The van der Waals surface area contributed by atoms with Crippen LogP contribution in [0.15, 0.2) is 4.82 Å². The molecule has 0 bridgehead atoms. The van der Waals surface area contributed by atoms with Crippen LogP contribution in [0.1, 0.15) is 0 Å². The van der Waals surface area contributed by atoms with Crippen LogP contribution in [-0.2, 0) is 4.79 Å².